The van der Waals surface area contributed by atoms with Crippen molar-refractivity contribution < 1.29 is 4.79 Å². The third kappa shape index (κ3) is 6.23. The predicted molar refractivity (Wildman–Crippen MR) is 106 cm³/mol. The number of benzene rings is 2. The number of nitrogens with zero attached hydrogens (tertiary/aromatic N) is 1. The summed E-state index contributed by atoms with van der Waals surface area (Å²) < 4.78 is 1.07. The average Bonchev–Trinajstić information content (AvgIpc) is 2.65. The second kappa shape index (κ2) is 9.84. The first kappa shape index (κ1) is 19.0. The number of nitrogens with one attached hydrogen (secondary N) is 3. The number of amides is 1. The Labute approximate surface area is 157 Å². The molecule has 0 bridgehead atoms. The minimum atomic E-state index is -0.0678. The van der Waals surface area contributed by atoms with Gasteiger partial charge in [0.2, 0.25) is 0 Å². The molecule has 2 rings (SSSR count). The van der Waals surface area contributed by atoms with Crippen molar-refractivity contribution in [3.05, 3.63) is 69.7 Å². The molecule has 0 saturated heterocycles. The Balaban J connectivity index is 1.81. The lowest BCUT2D eigenvalue weighted by Gasteiger charge is -2.12. The molecule has 0 saturated carbocycles. The van der Waals surface area contributed by atoms with Crippen LogP contribution in [0.2, 0.25) is 0 Å². The molecule has 0 aliphatic carbocycles. The van der Waals surface area contributed by atoms with Crippen LogP contribution in [0, 0.1) is 0 Å². The van der Waals surface area contributed by atoms with Crippen molar-refractivity contribution in [2.75, 3.05) is 20.6 Å². The molecule has 0 aliphatic rings. The predicted octanol–water partition coefficient (Wildman–Crippen LogP) is 2.72. The van der Waals surface area contributed by atoms with Crippen LogP contribution in [0.4, 0.5) is 0 Å². The van der Waals surface area contributed by atoms with Gasteiger partial charge >= 0.3 is 0 Å². The van der Waals surface area contributed by atoms with Crippen LogP contribution in [0.3, 0.4) is 0 Å². The minimum absolute atomic E-state index is 0.0678. The summed E-state index contributed by atoms with van der Waals surface area (Å²) >= 11 is 3.43. The van der Waals surface area contributed by atoms with Crippen LogP contribution in [0.15, 0.2) is 58.0 Å². The van der Waals surface area contributed by atoms with Crippen LogP contribution in [0.25, 0.3) is 0 Å². The van der Waals surface area contributed by atoms with Gasteiger partial charge in [-0.1, -0.05) is 40.2 Å². The van der Waals surface area contributed by atoms with Crippen LogP contribution in [-0.2, 0) is 13.0 Å². The molecule has 6 heteroatoms. The highest BCUT2D eigenvalue weighted by molar-refractivity contribution is 9.10. The lowest BCUT2D eigenvalue weighted by atomic mass is 10.1. The summed E-state index contributed by atoms with van der Waals surface area (Å²) in [4.78, 5) is 15.9. The highest BCUT2D eigenvalue weighted by Crippen LogP contribution is 2.10. The first-order chi connectivity index (χ1) is 12.1. The van der Waals surface area contributed by atoms with Gasteiger partial charge in [0.25, 0.3) is 5.91 Å². The highest BCUT2D eigenvalue weighted by atomic mass is 79.9. The first-order valence-electron chi connectivity index (χ1n) is 8.12. The fourth-order valence-electron chi connectivity index (χ4n) is 2.35. The van der Waals surface area contributed by atoms with E-state index in [2.05, 4.69) is 49.0 Å². The quantitative estimate of drug-likeness (QED) is 0.513. The Morgan fingerprint density at radius 1 is 1.08 bits per heavy atom. The zero-order chi connectivity index (χ0) is 18.1. The zero-order valence-corrected chi connectivity index (χ0v) is 16.1. The largest absolute Gasteiger partial charge is 0.356 e. The normalized spacial score (nSPS) is 11.1. The maximum Gasteiger partial charge on any atom is 0.251 e. The number of rotatable bonds is 6. The zero-order valence-electron chi connectivity index (χ0n) is 14.5. The van der Waals surface area contributed by atoms with Gasteiger partial charge in [-0.3, -0.25) is 9.79 Å². The van der Waals surface area contributed by atoms with Gasteiger partial charge in [0.1, 0.15) is 0 Å². The summed E-state index contributed by atoms with van der Waals surface area (Å²) in [6.45, 7) is 1.44. The number of aliphatic imine (C=N–C) groups is 1. The van der Waals surface area contributed by atoms with Gasteiger partial charge in [0.15, 0.2) is 5.96 Å². The summed E-state index contributed by atoms with van der Waals surface area (Å²) in [5.74, 6) is 0.687. The lowest BCUT2D eigenvalue weighted by molar-refractivity contribution is 0.0963. The third-order valence-corrected chi connectivity index (χ3v) is 4.25. The topological polar surface area (TPSA) is 65.5 Å². The monoisotopic (exact) mass is 402 g/mol. The summed E-state index contributed by atoms with van der Waals surface area (Å²) in [6, 6.07) is 15.8. The van der Waals surface area contributed by atoms with Gasteiger partial charge in [0, 0.05) is 37.2 Å². The highest BCUT2D eigenvalue weighted by Gasteiger charge is 2.04. The first-order valence-corrected chi connectivity index (χ1v) is 8.91. The van der Waals surface area contributed by atoms with E-state index < -0.39 is 0 Å². The fraction of sp³-hybridized carbons (Fsp3) is 0.263. The van der Waals surface area contributed by atoms with E-state index in [9.17, 15) is 4.79 Å². The standard InChI is InChI=1S/C19H23BrN4O/c1-21-18(25)16-5-3-4-14(12-16)10-11-23-19(22-2)24-13-15-6-8-17(20)9-7-15/h3-9,12H,10-11,13H2,1-2H3,(H,21,25)(H2,22,23,24). The molecule has 0 radical (unpaired) electrons. The maximum absolute atomic E-state index is 11.7. The molecule has 3 N–H and O–H groups in total. The van der Waals surface area contributed by atoms with Crippen LogP contribution in [-0.4, -0.2) is 32.5 Å². The summed E-state index contributed by atoms with van der Waals surface area (Å²) in [6.07, 6.45) is 0.809. The number of halogens is 1. The molecule has 2 aromatic carbocycles. The average molecular weight is 403 g/mol. The molecule has 2 aromatic rings. The molecule has 132 valence electrons. The third-order valence-electron chi connectivity index (χ3n) is 3.72. The van der Waals surface area contributed by atoms with Gasteiger partial charge in [-0.25, -0.2) is 0 Å². The van der Waals surface area contributed by atoms with Crippen molar-refractivity contribution in [1.29, 1.82) is 0 Å². The smallest absolute Gasteiger partial charge is 0.251 e. The number of carbonyl (C=O) groups excluding carboxylic acids is 1. The van der Waals surface area contributed by atoms with E-state index in [0.29, 0.717) is 12.1 Å². The number of hydrogen-bond donors (Lipinski definition) is 3. The molecular formula is C19H23BrN4O. The van der Waals surface area contributed by atoms with Gasteiger partial charge in [-0.05, 0) is 41.8 Å². The van der Waals surface area contributed by atoms with Crippen LogP contribution >= 0.6 is 15.9 Å². The van der Waals surface area contributed by atoms with Crippen molar-refractivity contribution >= 4 is 27.8 Å². The van der Waals surface area contributed by atoms with Crippen molar-refractivity contribution in [3.63, 3.8) is 0 Å². The number of hydrogen-bond acceptors (Lipinski definition) is 2. The summed E-state index contributed by atoms with van der Waals surface area (Å²) in [5.41, 5.74) is 2.97. The SMILES string of the molecule is CN=C(NCCc1cccc(C(=O)NC)c1)NCc1ccc(Br)cc1. The van der Waals surface area contributed by atoms with Crippen molar-refractivity contribution in [3.8, 4) is 0 Å². The Bertz CT molecular complexity index is 728. The van der Waals surface area contributed by atoms with Crippen LogP contribution in [0.5, 0.6) is 0 Å². The number of carbonyl (C=O) groups is 1. The van der Waals surface area contributed by atoms with Crippen LogP contribution < -0.4 is 16.0 Å². The molecule has 5 nitrogen and oxygen atoms in total. The Hall–Kier alpha value is -2.34. The van der Waals surface area contributed by atoms with E-state index >= 15 is 0 Å². The van der Waals surface area contributed by atoms with E-state index in [1.165, 1.54) is 5.56 Å². The second-order valence-corrected chi connectivity index (χ2v) is 6.42. The summed E-state index contributed by atoms with van der Waals surface area (Å²) in [5, 5.41) is 9.22. The van der Waals surface area contributed by atoms with Crippen molar-refractivity contribution in [1.82, 2.24) is 16.0 Å². The Morgan fingerprint density at radius 3 is 2.52 bits per heavy atom. The molecule has 0 spiro atoms. The summed E-state index contributed by atoms with van der Waals surface area (Å²) in [7, 11) is 3.39. The van der Waals surface area contributed by atoms with Gasteiger partial charge in [-0.2, -0.15) is 0 Å². The van der Waals surface area contributed by atoms with Crippen molar-refractivity contribution in [2.24, 2.45) is 4.99 Å². The van der Waals surface area contributed by atoms with Gasteiger partial charge in [-0.15, -0.1) is 0 Å². The van der Waals surface area contributed by atoms with E-state index in [-0.39, 0.29) is 5.91 Å². The van der Waals surface area contributed by atoms with Gasteiger partial charge < -0.3 is 16.0 Å². The lowest BCUT2D eigenvalue weighted by Crippen LogP contribution is -2.37. The van der Waals surface area contributed by atoms with Gasteiger partial charge in [0.05, 0.1) is 0 Å². The van der Waals surface area contributed by atoms with E-state index in [4.69, 9.17) is 0 Å². The maximum atomic E-state index is 11.7. The Morgan fingerprint density at radius 2 is 1.84 bits per heavy atom. The molecule has 0 unspecified atom stereocenters. The van der Waals surface area contributed by atoms with E-state index in [0.717, 1.165) is 29.0 Å². The molecule has 0 fully saturated rings. The van der Waals surface area contributed by atoms with E-state index in [1.54, 1.807) is 14.1 Å². The molecule has 0 atom stereocenters. The van der Waals surface area contributed by atoms with Crippen LogP contribution in [0.1, 0.15) is 21.5 Å². The molecule has 25 heavy (non-hydrogen) atoms. The van der Waals surface area contributed by atoms with E-state index in [1.807, 2.05) is 36.4 Å². The minimum Gasteiger partial charge on any atom is -0.356 e. The molecular weight excluding hydrogens is 380 g/mol. The second-order valence-electron chi connectivity index (χ2n) is 5.51. The Kier molecular flexibility index (Phi) is 7.47. The molecule has 0 aromatic heterocycles. The molecule has 0 aliphatic heterocycles. The molecule has 0 heterocycles. The van der Waals surface area contributed by atoms with Crippen molar-refractivity contribution in [2.45, 2.75) is 13.0 Å². The number of guanidine groups is 1. The molecule has 1 amide bonds. The fourth-order valence-corrected chi connectivity index (χ4v) is 2.61.